The molecular formula is C19H38N2. The first-order chi connectivity index (χ1) is 10.2. The molecule has 0 spiro atoms. The predicted octanol–water partition coefficient (Wildman–Crippen LogP) is 4.58. The summed E-state index contributed by atoms with van der Waals surface area (Å²) in [6.07, 6.45) is 15.5. The van der Waals surface area contributed by atoms with Crippen LogP contribution in [0.5, 0.6) is 0 Å². The topological polar surface area (TPSA) is 29.3 Å². The van der Waals surface area contributed by atoms with Crippen LogP contribution in [0.25, 0.3) is 0 Å². The van der Waals surface area contributed by atoms with Gasteiger partial charge in [0.25, 0.3) is 0 Å². The maximum absolute atomic E-state index is 6.35. The van der Waals surface area contributed by atoms with E-state index in [1.165, 1.54) is 83.7 Å². The van der Waals surface area contributed by atoms with Crippen molar-refractivity contribution in [3.63, 3.8) is 0 Å². The zero-order valence-corrected chi connectivity index (χ0v) is 14.6. The van der Waals surface area contributed by atoms with Gasteiger partial charge in [-0.05, 0) is 24.7 Å². The molecule has 1 aliphatic heterocycles. The molecule has 1 aliphatic carbocycles. The lowest BCUT2D eigenvalue weighted by molar-refractivity contribution is 0.0902. The lowest BCUT2D eigenvalue weighted by Gasteiger charge is -2.42. The van der Waals surface area contributed by atoms with Crippen molar-refractivity contribution in [3.05, 3.63) is 0 Å². The molecule has 1 heterocycles. The Bertz CT molecular complexity index is 267. The Hall–Kier alpha value is -0.0800. The number of nitrogens with zero attached hydrogens (tertiary/aromatic N) is 1. The van der Waals surface area contributed by atoms with Gasteiger partial charge < -0.3 is 5.73 Å². The third-order valence-corrected chi connectivity index (χ3v) is 6.32. The predicted molar refractivity (Wildman–Crippen MR) is 92.5 cm³/mol. The van der Waals surface area contributed by atoms with Crippen molar-refractivity contribution >= 4 is 0 Å². The highest BCUT2D eigenvalue weighted by Crippen LogP contribution is 2.35. The Morgan fingerprint density at radius 2 is 1.14 bits per heavy atom. The van der Waals surface area contributed by atoms with Crippen molar-refractivity contribution in [3.8, 4) is 0 Å². The summed E-state index contributed by atoms with van der Waals surface area (Å²) >= 11 is 0. The summed E-state index contributed by atoms with van der Waals surface area (Å²) in [6.45, 7) is 8.26. The molecule has 124 valence electrons. The van der Waals surface area contributed by atoms with E-state index in [1.54, 1.807) is 0 Å². The Balaban J connectivity index is 2.00. The van der Waals surface area contributed by atoms with E-state index in [0.717, 1.165) is 18.4 Å². The minimum atomic E-state index is 0.318. The van der Waals surface area contributed by atoms with Gasteiger partial charge in [-0.1, -0.05) is 71.6 Å². The summed E-state index contributed by atoms with van der Waals surface area (Å²) in [5.41, 5.74) is 6.67. The summed E-state index contributed by atoms with van der Waals surface area (Å²) < 4.78 is 0. The first-order valence-electron chi connectivity index (χ1n) is 9.63. The molecule has 1 saturated heterocycles. The Kier molecular flexibility index (Phi) is 7.01. The highest BCUT2D eigenvalue weighted by Gasteiger charge is 2.40. The fourth-order valence-corrected chi connectivity index (χ4v) is 4.44. The molecule has 0 amide bonds. The molecule has 2 atom stereocenters. The summed E-state index contributed by atoms with van der Waals surface area (Å²) in [7, 11) is 0. The van der Waals surface area contributed by atoms with E-state index >= 15 is 0 Å². The first kappa shape index (κ1) is 17.3. The SMILES string of the molecule is CC1CN(C2(CN)CCCCCCCCCCC2)CC1C. The van der Waals surface area contributed by atoms with E-state index in [1.807, 2.05) is 0 Å². The molecule has 2 rings (SSSR count). The molecular weight excluding hydrogens is 256 g/mol. The molecule has 0 radical (unpaired) electrons. The molecule has 2 N–H and O–H groups in total. The van der Waals surface area contributed by atoms with Crippen LogP contribution in [0.3, 0.4) is 0 Å². The van der Waals surface area contributed by atoms with Crippen molar-refractivity contribution < 1.29 is 0 Å². The van der Waals surface area contributed by atoms with Crippen LogP contribution in [-0.4, -0.2) is 30.1 Å². The summed E-state index contributed by atoms with van der Waals surface area (Å²) in [5, 5.41) is 0. The second-order valence-electron chi connectivity index (χ2n) is 7.97. The van der Waals surface area contributed by atoms with Crippen LogP contribution in [-0.2, 0) is 0 Å². The summed E-state index contributed by atoms with van der Waals surface area (Å²) in [6, 6.07) is 0. The zero-order chi connectivity index (χ0) is 15.1. The van der Waals surface area contributed by atoms with Crippen molar-refractivity contribution in [1.29, 1.82) is 0 Å². The average molecular weight is 295 g/mol. The second-order valence-corrected chi connectivity index (χ2v) is 7.97. The quantitative estimate of drug-likeness (QED) is 0.808. The molecule has 2 nitrogen and oxygen atoms in total. The smallest absolute Gasteiger partial charge is 0.0331 e. The van der Waals surface area contributed by atoms with E-state index in [9.17, 15) is 0 Å². The standard InChI is InChI=1S/C19H38N2/c1-17-14-21(15-18(17)2)19(16-20)12-10-8-6-4-3-5-7-9-11-13-19/h17-18H,3-16,20H2,1-2H3. The molecule has 2 unspecified atom stereocenters. The van der Waals surface area contributed by atoms with Gasteiger partial charge in [-0.3, -0.25) is 4.90 Å². The van der Waals surface area contributed by atoms with Crippen LogP contribution < -0.4 is 5.73 Å². The van der Waals surface area contributed by atoms with Crippen molar-refractivity contribution in [2.45, 2.75) is 90.0 Å². The highest BCUT2D eigenvalue weighted by atomic mass is 15.2. The van der Waals surface area contributed by atoms with Gasteiger partial charge in [0.15, 0.2) is 0 Å². The van der Waals surface area contributed by atoms with Gasteiger partial charge in [0.2, 0.25) is 0 Å². The van der Waals surface area contributed by atoms with Gasteiger partial charge >= 0.3 is 0 Å². The van der Waals surface area contributed by atoms with Gasteiger partial charge in [0, 0.05) is 25.2 Å². The van der Waals surface area contributed by atoms with Gasteiger partial charge in [-0.15, -0.1) is 0 Å². The minimum absolute atomic E-state index is 0.318. The van der Waals surface area contributed by atoms with Crippen molar-refractivity contribution in [2.75, 3.05) is 19.6 Å². The van der Waals surface area contributed by atoms with E-state index < -0.39 is 0 Å². The molecule has 2 aliphatic rings. The van der Waals surface area contributed by atoms with Crippen molar-refractivity contribution in [1.82, 2.24) is 4.90 Å². The molecule has 0 aromatic rings. The first-order valence-corrected chi connectivity index (χ1v) is 9.63. The Labute approximate surface area is 132 Å². The highest BCUT2D eigenvalue weighted by molar-refractivity contribution is 4.96. The number of hydrogen-bond donors (Lipinski definition) is 1. The maximum Gasteiger partial charge on any atom is 0.0331 e. The van der Waals surface area contributed by atoms with Crippen LogP contribution in [0.1, 0.15) is 84.5 Å². The van der Waals surface area contributed by atoms with Gasteiger partial charge in [-0.2, -0.15) is 0 Å². The fourth-order valence-electron chi connectivity index (χ4n) is 4.44. The zero-order valence-electron chi connectivity index (χ0n) is 14.6. The normalized spacial score (nSPS) is 33.3. The number of nitrogens with two attached hydrogens (primary N) is 1. The molecule has 2 heteroatoms. The molecule has 2 fully saturated rings. The van der Waals surface area contributed by atoms with Gasteiger partial charge in [0.05, 0.1) is 0 Å². The van der Waals surface area contributed by atoms with Crippen LogP contribution >= 0.6 is 0 Å². The fraction of sp³-hybridized carbons (Fsp3) is 1.00. The summed E-state index contributed by atoms with van der Waals surface area (Å²) in [4.78, 5) is 2.79. The van der Waals surface area contributed by atoms with Crippen molar-refractivity contribution in [2.24, 2.45) is 17.6 Å². The molecule has 0 aromatic heterocycles. The van der Waals surface area contributed by atoms with Crippen LogP contribution in [0.15, 0.2) is 0 Å². The minimum Gasteiger partial charge on any atom is -0.329 e. The molecule has 21 heavy (non-hydrogen) atoms. The van der Waals surface area contributed by atoms with Gasteiger partial charge in [0.1, 0.15) is 0 Å². The monoisotopic (exact) mass is 294 g/mol. The van der Waals surface area contributed by atoms with E-state index in [0.29, 0.717) is 5.54 Å². The van der Waals surface area contributed by atoms with Crippen LogP contribution in [0.4, 0.5) is 0 Å². The van der Waals surface area contributed by atoms with Gasteiger partial charge in [-0.25, -0.2) is 0 Å². The van der Waals surface area contributed by atoms with Crippen LogP contribution in [0, 0.1) is 11.8 Å². The molecule has 1 saturated carbocycles. The lowest BCUT2D eigenvalue weighted by atomic mass is 9.84. The summed E-state index contributed by atoms with van der Waals surface area (Å²) in [5.74, 6) is 1.68. The Morgan fingerprint density at radius 1 is 0.762 bits per heavy atom. The molecule has 0 bridgehead atoms. The Morgan fingerprint density at radius 3 is 1.52 bits per heavy atom. The largest absolute Gasteiger partial charge is 0.329 e. The molecule has 0 aromatic carbocycles. The second kappa shape index (κ2) is 8.53. The number of hydrogen-bond acceptors (Lipinski definition) is 2. The lowest BCUT2D eigenvalue weighted by Crippen LogP contribution is -2.53. The number of likely N-dealkylation sites (tertiary alicyclic amines) is 1. The maximum atomic E-state index is 6.35. The van der Waals surface area contributed by atoms with Crippen LogP contribution in [0.2, 0.25) is 0 Å². The van der Waals surface area contributed by atoms with E-state index in [2.05, 4.69) is 18.7 Å². The third kappa shape index (κ3) is 4.69. The number of rotatable bonds is 2. The van der Waals surface area contributed by atoms with E-state index in [4.69, 9.17) is 5.73 Å². The van der Waals surface area contributed by atoms with E-state index in [-0.39, 0.29) is 0 Å². The third-order valence-electron chi connectivity index (χ3n) is 6.32. The average Bonchev–Trinajstić information content (AvgIpc) is 2.80.